The van der Waals surface area contributed by atoms with Gasteiger partial charge in [-0.2, -0.15) is 0 Å². The van der Waals surface area contributed by atoms with Crippen molar-refractivity contribution in [3.8, 4) is 0 Å². The molecule has 118 valence electrons. The standard InChI is InChI=1S/C17H14BrClN2O2/c1-11-6-7-13(10-14(11)18)17(23)21-20-16(22)9-8-12-4-2-3-5-15(12)19/h2-10H,1H3,(H,20,22)(H,21,23). The molecule has 0 spiro atoms. The number of amides is 2. The van der Waals surface area contributed by atoms with E-state index in [4.69, 9.17) is 11.6 Å². The Morgan fingerprint density at radius 1 is 1.13 bits per heavy atom. The Labute approximate surface area is 147 Å². The normalized spacial score (nSPS) is 10.6. The van der Waals surface area contributed by atoms with Gasteiger partial charge in [0.25, 0.3) is 11.8 Å². The maximum Gasteiger partial charge on any atom is 0.269 e. The molecular weight excluding hydrogens is 380 g/mol. The van der Waals surface area contributed by atoms with Crippen molar-refractivity contribution in [1.82, 2.24) is 10.9 Å². The monoisotopic (exact) mass is 392 g/mol. The molecule has 0 heterocycles. The van der Waals surface area contributed by atoms with Crippen LogP contribution in [-0.4, -0.2) is 11.8 Å². The molecule has 2 N–H and O–H groups in total. The van der Waals surface area contributed by atoms with Gasteiger partial charge in [0.2, 0.25) is 0 Å². The van der Waals surface area contributed by atoms with Crippen LogP contribution in [0.25, 0.3) is 6.08 Å². The van der Waals surface area contributed by atoms with Crippen molar-refractivity contribution in [3.05, 3.63) is 74.7 Å². The zero-order valence-corrected chi connectivity index (χ0v) is 14.6. The summed E-state index contributed by atoms with van der Waals surface area (Å²) in [5, 5.41) is 0.546. The second kappa shape index (κ2) is 7.94. The summed E-state index contributed by atoms with van der Waals surface area (Å²) < 4.78 is 0.829. The number of rotatable bonds is 3. The summed E-state index contributed by atoms with van der Waals surface area (Å²) >= 11 is 9.35. The lowest BCUT2D eigenvalue weighted by Crippen LogP contribution is -2.40. The summed E-state index contributed by atoms with van der Waals surface area (Å²) in [4.78, 5) is 23.7. The number of aryl methyl sites for hydroxylation is 1. The zero-order chi connectivity index (χ0) is 16.8. The number of carbonyl (C=O) groups excluding carboxylic acids is 2. The summed E-state index contributed by atoms with van der Waals surface area (Å²) in [5.74, 6) is -0.852. The Morgan fingerprint density at radius 3 is 2.57 bits per heavy atom. The predicted octanol–water partition coefficient (Wildman–Crippen LogP) is 3.89. The van der Waals surface area contributed by atoms with Crippen molar-refractivity contribution in [1.29, 1.82) is 0 Å². The molecule has 2 aromatic rings. The van der Waals surface area contributed by atoms with E-state index in [1.54, 1.807) is 36.4 Å². The summed E-state index contributed by atoms with van der Waals surface area (Å²) in [6.45, 7) is 1.92. The Hall–Kier alpha value is -2.11. The summed E-state index contributed by atoms with van der Waals surface area (Å²) in [6.07, 6.45) is 2.87. The third kappa shape index (κ3) is 4.94. The van der Waals surface area contributed by atoms with Gasteiger partial charge in [-0.05, 0) is 42.3 Å². The quantitative estimate of drug-likeness (QED) is 0.614. The number of carbonyl (C=O) groups is 2. The third-order valence-corrected chi connectivity index (χ3v) is 4.25. The average Bonchev–Trinajstić information content (AvgIpc) is 2.54. The Morgan fingerprint density at radius 2 is 1.87 bits per heavy atom. The largest absolute Gasteiger partial charge is 0.269 e. The first-order chi connectivity index (χ1) is 11.0. The summed E-state index contributed by atoms with van der Waals surface area (Å²) in [7, 11) is 0. The van der Waals surface area contributed by atoms with Crippen LogP contribution in [-0.2, 0) is 4.79 Å². The minimum absolute atomic E-state index is 0.398. The number of hydrogen-bond donors (Lipinski definition) is 2. The van der Waals surface area contributed by atoms with E-state index in [9.17, 15) is 9.59 Å². The predicted molar refractivity (Wildman–Crippen MR) is 95.0 cm³/mol. The first-order valence-electron chi connectivity index (χ1n) is 6.76. The highest BCUT2D eigenvalue weighted by atomic mass is 79.9. The minimum atomic E-state index is -0.454. The van der Waals surface area contributed by atoms with E-state index in [1.165, 1.54) is 6.08 Å². The number of halogens is 2. The first kappa shape index (κ1) is 17.2. The second-order valence-electron chi connectivity index (χ2n) is 4.76. The van der Waals surface area contributed by atoms with Crippen LogP contribution in [0.1, 0.15) is 21.5 Å². The van der Waals surface area contributed by atoms with Crippen molar-refractivity contribution < 1.29 is 9.59 Å². The van der Waals surface area contributed by atoms with Gasteiger partial charge in [0.05, 0.1) is 0 Å². The Kier molecular flexibility index (Phi) is 5.96. The van der Waals surface area contributed by atoms with Crippen LogP contribution in [0.5, 0.6) is 0 Å². The molecule has 0 aliphatic heterocycles. The van der Waals surface area contributed by atoms with E-state index in [0.29, 0.717) is 10.6 Å². The SMILES string of the molecule is Cc1ccc(C(=O)NNC(=O)C=Cc2ccccc2Cl)cc1Br. The van der Waals surface area contributed by atoms with Gasteiger partial charge < -0.3 is 0 Å². The van der Waals surface area contributed by atoms with Crippen LogP contribution in [0.15, 0.2) is 53.0 Å². The van der Waals surface area contributed by atoms with E-state index < -0.39 is 11.8 Å². The molecule has 2 aromatic carbocycles. The fraction of sp³-hybridized carbons (Fsp3) is 0.0588. The van der Waals surface area contributed by atoms with Crippen molar-refractivity contribution in [2.75, 3.05) is 0 Å². The van der Waals surface area contributed by atoms with Crippen molar-refractivity contribution in [2.45, 2.75) is 6.92 Å². The molecule has 0 aliphatic carbocycles. The highest BCUT2D eigenvalue weighted by Crippen LogP contribution is 2.17. The van der Waals surface area contributed by atoms with Crippen molar-refractivity contribution >= 4 is 45.4 Å². The van der Waals surface area contributed by atoms with Crippen LogP contribution in [0, 0.1) is 6.92 Å². The number of hydrogen-bond acceptors (Lipinski definition) is 2. The van der Waals surface area contributed by atoms with E-state index in [1.807, 2.05) is 19.1 Å². The maximum atomic E-state index is 11.9. The van der Waals surface area contributed by atoms with Crippen LogP contribution in [0.4, 0.5) is 0 Å². The van der Waals surface area contributed by atoms with Crippen molar-refractivity contribution in [3.63, 3.8) is 0 Å². The lowest BCUT2D eigenvalue weighted by Gasteiger charge is -2.06. The van der Waals surface area contributed by atoms with E-state index in [0.717, 1.165) is 15.6 Å². The molecule has 0 aromatic heterocycles. The topological polar surface area (TPSA) is 58.2 Å². The smallest absolute Gasteiger partial charge is 0.268 e. The van der Waals surface area contributed by atoms with Crippen LogP contribution in [0.2, 0.25) is 5.02 Å². The average molecular weight is 394 g/mol. The van der Waals surface area contributed by atoms with Gasteiger partial charge in [-0.1, -0.05) is 51.8 Å². The second-order valence-corrected chi connectivity index (χ2v) is 6.02. The molecule has 23 heavy (non-hydrogen) atoms. The first-order valence-corrected chi connectivity index (χ1v) is 7.93. The van der Waals surface area contributed by atoms with Crippen LogP contribution >= 0.6 is 27.5 Å². The third-order valence-electron chi connectivity index (χ3n) is 3.05. The number of hydrazine groups is 1. The molecule has 0 unspecified atom stereocenters. The van der Waals surface area contributed by atoms with Gasteiger partial charge in [-0.3, -0.25) is 20.4 Å². The van der Waals surface area contributed by atoms with E-state index in [2.05, 4.69) is 26.8 Å². The summed E-state index contributed by atoms with van der Waals surface area (Å²) in [5.41, 5.74) is 6.86. The molecule has 0 aliphatic rings. The van der Waals surface area contributed by atoms with Gasteiger partial charge in [-0.15, -0.1) is 0 Å². The lowest BCUT2D eigenvalue weighted by molar-refractivity contribution is -0.117. The van der Waals surface area contributed by atoms with Crippen LogP contribution < -0.4 is 10.9 Å². The lowest BCUT2D eigenvalue weighted by atomic mass is 10.1. The molecular formula is C17H14BrClN2O2. The summed E-state index contributed by atoms with van der Waals surface area (Å²) in [6, 6.07) is 12.3. The Bertz CT molecular complexity index is 775. The van der Waals surface area contributed by atoms with E-state index >= 15 is 0 Å². The van der Waals surface area contributed by atoms with Crippen molar-refractivity contribution in [2.24, 2.45) is 0 Å². The molecule has 2 amide bonds. The highest BCUT2D eigenvalue weighted by Gasteiger charge is 2.07. The van der Waals surface area contributed by atoms with E-state index in [-0.39, 0.29) is 0 Å². The van der Waals surface area contributed by atoms with Gasteiger partial charge in [-0.25, -0.2) is 0 Å². The number of benzene rings is 2. The maximum absolute atomic E-state index is 11.9. The molecule has 0 fully saturated rings. The Balaban J connectivity index is 1.92. The van der Waals surface area contributed by atoms with Gasteiger partial charge in [0.1, 0.15) is 0 Å². The van der Waals surface area contributed by atoms with Gasteiger partial charge in [0, 0.05) is 21.1 Å². The fourth-order valence-electron chi connectivity index (χ4n) is 1.74. The molecule has 0 bridgehead atoms. The fourth-order valence-corrected chi connectivity index (χ4v) is 2.32. The number of nitrogens with one attached hydrogen (secondary N) is 2. The molecule has 0 radical (unpaired) electrons. The van der Waals surface area contributed by atoms with Gasteiger partial charge in [0.15, 0.2) is 0 Å². The highest BCUT2D eigenvalue weighted by molar-refractivity contribution is 9.10. The molecule has 0 saturated carbocycles. The molecule has 0 atom stereocenters. The molecule has 0 saturated heterocycles. The minimum Gasteiger partial charge on any atom is -0.268 e. The zero-order valence-electron chi connectivity index (χ0n) is 12.3. The van der Waals surface area contributed by atoms with Gasteiger partial charge >= 0.3 is 0 Å². The molecule has 6 heteroatoms. The molecule has 2 rings (SSSR count). The molecule has 4 nitrogen and oxygen atoms in total. The van der Waals surface area contributed by atoms with Crippen LogP contribution in [0.3, 0.4) is 0 Å².